The summed E-state index contributed by atoms with van der Waals surface area (Å²) in [5.74, 6) is -1.98. The van der Waals surface area contributed by atoms with E-state index in [1.165, 1.54) is 12.3 Å². The fourth-order valence-electron chi connectivity index (χ4n) is 1.13. The molecule has 0 aromatic carbocycles. The predicted molar refractivity (Wildman–Crippen MR) is 65.1 cm³/mol. The molecule has 0 saturated carbocycles. The highest BCUT2D eigenvalue weighted by atomic mass is 79.9. The first-order valence-corrected chi connectivity index (χ1v) is 5.73. The van der Waals surface area contributed by atoms with Crippen molar-refractivity contribution in [2.24, 2.45) is 0 Å². The summed E-state index contributed by atoms with van der Waals surface area (Å²) in [5.41, 5.74) is -0.355. The number of nitrogens with one attached hydrogen (secondary N) is 1. The molecule has 3 N–H and O–H groups in total. The lowest BCUT2D eigenvalue weighted by Gasteiger charge is -2.09. The van der Waals surface area contributed by atoms with E-state index in [1.807, 2.05) is 0 Å². The predicted octanol–water partition coefficient (Wildman–Crippen LogP) is -0.828. The minimum Gasteiger partial charge on any atom is -0.479 e. The lowest BCUT2D eigenvalue weighted by atomic mass is 10.3. The zero-order valence-corrected chi connectivity index (χ0v) is 10.8. The molecular weight excluding hydrogens is 308 g/mol. The number of nitrogens with zero attached hydrogens (tertiary/aromatic N) is 1. The topological polar surface area (TPSA) is 109 Å². The number of amides is 1. The first kappa shape index (κ1) is 14.4. The summed E-state index contributed by atoms with van der Waals surface area (Å²) < 4.78 is 1.80. The van der Waals surface area contributed by atoms with Crippen molar-refractivity contribution in [3.05, 3.63) is 33.2 Å². The van der Waals surface area contributed by atoms with Gasteiger partial charge in [-0.25, -0.2) is 4.79 Å². The van der Waals surface area contributed by atoms with E-state index in [4.69, 9.17) is 10.2 Å². The number of carbonyl (C=O) groups excluding carboxylic acids is 1. The summed E-state index contributed by atoms with van der Waals surface area (Å²) in [6, 6.07) is 2.84. The second-order valence-electron chi connectivity index (χ2n) is 3.47. The van der Waals surface area contributed by atoms with Crippen molar-refractivity contribution >= 4 is 27.8 Å². The van der Waals surface area contributed by atoms with E-state index in [-0.39, 0.29) is 12.1 Å². The highest BCUT2D eigenvalue weighted by Crippen LogP contribution is 2.04. The van der Waals surface area contributed by atoms with Crippen LogP contribution in [0.2, 0.25) is 0 Å². The number of carboxylic acid groups (broad SMARTS) is 1. The number of aliphatic carboxylic acids is 1. The number of rotatable bonds is 5. The molecule has 0 aliphatic heterocycles. The van der Waals surface area contributed by atoms with Crippen molar-refractivity contribution in [3.8, 4) is 0 Å². The second kappa shape index (κ2) is 6.31. The maximum atomic E-state index is 11.4. The Morgan fingerprint density at radius 2 is 2.11 bits per heavy atom. The fourth-order valence-corrected chi connectivity index (χ4v) is 1.51. The first-order valence-electron chi connectivity index (χ1n) is 4.93. The average molecular weight is 319 g/mol. The number of aliphatic hydroxyl groups is 1. The van der Waals surface area contributed by atoms with Crippen LogP contribution in [0, 0.1) is 0 Å². The van der Waals surface area contributed by atoms with Crippen molar-refractivity contribution in [1.82, 2.24) is 9.88 Å². The van der Waals surface area contributed by atoms with E-state index in [1.54, 1.807) is 6.07 Å². The number of halogens is 1. The lowest BCUT2D eigenvalue weighted by molar-refractivity contribution is -0.146. The van der Waals surface area contributed by atoms with E-state index in [0.717, 1.165) is 4.57 Å². The van der Waals surface area contributed by atoms with Gasteiger partial charge in [-0.3, -0.25) is 9.59 Å². The van der Waals surface area contributed by atoms with Crippen molar-refractivity contribution < 1.29 is 19.8 Å². The summed E-state index contributed by atoms with van der Waals surface area (Å²) in [6.07, 6.45) is -0.219. The molecule has 98 valence electrons. The van der Waals surface area contributed by atoms with Crippen LogP contribution in [0.1, 0.15) is 0 Å². The molecule has 1 amide bonds. The number of aliphatic hydroxyl groups excluding tert-OH is 1. The largest absolute Gasteiger partial charge is 0.479 e. The van der Waals surface area contributed by atoms with Crippen molar-refractivity contribution in [1.29, 1.82) is 0 Å². The SMILES string of the molecule is O=C(Cn1cc(Br)ccc1=O)NC[C@H](O)C(=O)O. The van der Waals surface area contributed by atoms with Gasteiger partial charge < -0.3 is 20.1 Å². The molecule has 0 spiro atoms. The van der Waals surface area contributed by atoms with Crippen LogP contribution in [0.25, 0.3) is 0 Å². The number of aromatic nitrogens is 1. The zero-order chi connectivity index (χ0) is 13.7. The van der Waals surface area contributed by atoms with Crippen LogP contribution in [0.3, 0.4) is 0 Å². The van der Waals surface area contributed by atoms with Gasteiger partial charge in [0, 0.05) is 16.7 Å². The van der Waals surface area contributed by atoms with Gasteiger partial charge in [0.2, 0.25) is 5.91 Å². The molecule has 0 unspecified atom stereocenters. The molecule has 7 nitrogen and oxygen atoms in total. The van der Waals surface area contributed by atoms with E-state index in [2.05, 4.69) is 21.2 Å². The lowest BCUT2D eigenvalue weighted by Crippen LogP contribution is -2.39. The Hall–Kier alpha value is -1.67. The minimum atomic E-state index is -1.66. The van der Waals surface area contributed by atoms with Crippen LogP contribution in [0.5, 0.6) is 0 Å². The summed E-state index contributed by atoms with van der Waals surface area (Å²) in [5, 5.41) is 19.6. The molecule has 0 aliphatic rings. The Morgan fingerprint density at radius 3 is 2.72 bits per heavy atom. The number of carbonyl (C=O) groups is 2. The van der Waals surface area contributed by atoms with Gasteiger partial charge in [-0.05, 0) is 22.0 Å². The highest BCUT2D eigenvalue weighted by Gasteiger charge is 2.14. The Morgan fingerprint density at radius 1 is 1.44 bits per heavy atom. The first-order chi connectivity index (χ1) is 8.40. The molecule has 0 bridgehead atoms. The molecular formula is C10H11BrN2O5. The summed E-state index contributed by atoms with van der Waals surface area (Å²) >= 11 is 3.16. The average Bonchev–Trinajstić information content (AvgIpc) is 2.30. The molecule has 0 fully saturated rings. The van der Waals surface area contributed by atoms with Crippen molar-refractivity contribution in [3.63, 3.8) is 0 Å². The second-order valence-corrected chi connectivity index (χ2v) is 4.39. The third-order valence-electron chi connectivity index (χ3n) is 2.04. The van der Waals surface area contributed by atoms with Crippen LogP contribution in [0.4, 0.5) is 0 Å². The van der Waals surface area contributed by atoms with Gasteiger partial charge in [-0.1, -0.05) is 0 Å². The Kier molecular flexibility index (Phi) is 5.05. The van der Waals surface area contributed by atoms with Gasteiger partial charge in [0.1, 0.15) is 6.54 Å². The van der Waals surface area contributed by atoms with Crippen LogP contribution >= 0.6 is 15.9 Å². The molecule has 1 heterocycles. The Bertz CT molecular complexity index is 513. The molecule has 0 saturated heterocycles. The number of pyridine rings is 1. The highest BCUT2D eigenvalue weighted by molar-refractivity contribution is 9.10. The number of hydrogen-bond acceptors (Lipinski definition) is 4. The number of hydrogen-bond donors (Lipinski definition) is 3. The van der Waals surface area contributed by atoms with Crippen LogP contribution in [-0.4, -0.2) is 39.3 Å². The van der Waals surface area contributed by atoms with Gasteiger partial charge in [0.15, 0.2) is 6.10 Å². The fraction of sp³-hybridized carbons (Fsp3) is 0.300. The third-order valence-corrected chi connectivity index (χ3v) is 2.51. The van der Waals surface area contributed by atoms with Crippen molar-refractivity contribution in [2.75, 3.05) is 6.54 Å². The quantitative estimate of drug-likeness (QED) is 0.657. The standard InChI is InChI=1S/C10H11BrN2O5/c11-6-1-2-9(16)13(4-6)5-8(15)12-3-7(14)10(17)18/h1-2,4,7,14H,3,5H2,(H,12,15)(H,17,18)/t7-/m0/s1. The minimum absolute atomic E-state index is 0.245. The molecule has 0 aliphatic carbocycles. The molecule has 8 heteroatoms. The Labute approximate surface area is 110 Å². The van der Waals surface area contributed by atoms with Crippen LogP contribution in [-0.2, 0) is 16.1 Å². The van der Waals surface area contributed by atoms with Gasteiger partial charge >= 0.3 is 5.97 Å². The summed E-state index contributed by atoms with van der Waals surface area (Å²) in [4.78, 5) is 33.1. The number of carboxylic acids is 1. The van der Waals surface area contributed by atoms with Crippen molar-refractivity contribution in [2.45, 2.75) is 12.6 Å². The van der Waals surface area contributed by atoms with E-state index in [9.17, 15) is 14.4 Å². The monoisotopic (exact) mass is 318 g/mol. The van der Waals surface area contributed by atoms with Gasteiger partial charge in [0.05, 0.1) is 6.54 Å². The van der Waals surface area contributed by atoms with Crippen LogP contribution < -0.4 is 10.9 Å². The van der Waals surface area contributed by atoms with Gasteiger partial charge in [-0.2, -0.15) is 0 Å². The molecule has 1 aromatic rings. The maximum Gasteiger partial charge on any atom is 0.334 e. The van der Waals surface area contributed by atoms with Gasteiger partial charge in [0.25, 0.3) is 5.56 Å². The molecule has 18 heavy (non-hydrogen) atoms. The summed E-state index contributed by atoms with van der Waals surface area (Å²) in [6.45, 7) is -0.651. The molecule has 1 aromatic heterocycles. The molecule has 1 rings (SSSR count). The molecule has 1 atom stereocenters. The third kappa shape index (κ3) is 4.30. The van der Waals surface area contributed by atoms with Crippen LogP contribution in [0.15, 0.2) is 27.6 Å². The maximum absolute atomic E-state index is 11.4. The van der Waals surface area contributed by atoms with E-state index >= 15 is 0 Å². The van der Waals surface area contributed by atoms with E-state index < -0.39 is 24.5 Å². The molecule has 0 radical (unpaired) electrons. The Balaban J connectivity index is 2.57. The normalized spacial score (nSPS) is 11.9. The van der Waals surface area contributed by atoms with Gasteiger partial charge in [-0.15, -0.1) is 0 Å². The smallest absolute Gasteiger partial charge is 0.334 e. The summed E-state index contributed by atoms with van der Waals surface area (Å²) in [7, 11) is 0. The zero-order valence-electron chi connectivity index (χ0n) is 9.17. The van der Waals surface area contributed by atoms with E-state index in [0.29, 0.717) is 4.47 Å².